The zero-order valence-corrected chi connectivity index (χ0v) is 13.3. The van der Waals surface area contributed by atoms with Crippen LogP contribution >= 0.6 is 0 Å². The molecule has 0 bridgehead atoms. The Labute approximate surface area is 139 Å². The lowest BCUT2D eigenvalue weighted by Crippen LogP contribution is -2.29. The molecule has 2 heterocycles. The highest BCUT2D eigenvalue weighted by Crippen LogP contribution is 2.46. The fourth-order valence-electron chi connectivity index (χ4n) is 3.74. The Morgan fingerprint density at radius 2 is 2.12 bits per heavy atom. The van der Waals surface area contributed by atoms with Gasteiger partial charge in [0.2, 0.25) is 5.88 Å². The number of aromatic nitrogens is 1. The van der Waals surface area contributed by atoms with Crippen molar-refractivity contribution >= 4 is 16.7 Å². The molecular formula is C19H17N3O2. The van der Waals surface area contributed by atoms with E-state index >= 15 is 0 Å². The highest BCUT2D eigenvalue weighted by atomic mass is 16.5. The summed E-state index contributed by atoms with van der Waals surface area (Å²) in [5.74, 6) is 0.518. The van der Waals surface area contributed by atoms with Gasteiger partial charge in [-0.25, -0.2) is 0 Å². The molecule has 1 aromatic heterocycles. The first-order valence-corrected chi connectivity index (χ1v) is 8.00. The van der Waals surface area contributed by atoms with Crippen LogP contribution in [-0.4, -0.2) is 10.8 Å². The number of ether oxygens (including phenoxy) is 1. The van der Waals surface area contributed by atoms with Crippen LogP contribution < -0.4 is 5.73 Å². The van der Waals surface area contributed by atoms with E-state index in [1.165, 1.54) is 0 Å². The molecule has 120 valence electrons. The largest absolute Gasteiger partial charge is 0.444 e. The average molecular weight is 319 g/mol. The van der Waals surface area contributed by atoms with Gasteiger partial charge in [-0.15, -0.1) is 0 Å². The number of nitrogens with two attached hydrogens (primary N) is 1. The number of nitrogens with one attached hydrogen (secondary N) is 1. The van der Waals surface area contributed by atoms with Gasteiger partial charge in [0.25, 0.3) is 0 Å². The molecule has 0 saturated carbocycles. The Morgan fingerprint density at radius 1 is 1.33 bits per heavy atom. The van der Waals surface area contributed by atoms with E-state index in [2.05, 4.69) is 11.1 Å². The molecule has 5 nitrogen and oxygen atoms in total. The van der Waals surface area contributed by atoms with Gasteiger partial charge < -0.3 is 15.5 Å². The van der Waals surface area contributed by atoms with Gasteiger partial charge in [-0.2, -0.15) is 5.26 Å². The first-order chi connectivity index (χ1) is 11.6. The first-order valence-electron chi connectivity index (χ1n) is 8.00. The van der Waals surface area contributed by atoms with Crippen molar-refractivity contribution in [3.05, 3.63) is 58.8 Å². The standard InChI is InChI=1S/C19H17N3O2/c1-10-6-15(23)18-16(7-10)24-19(21)12(8-20)17(18)13-9-22-14-5-3-2-4-11(13)14/h2-5,9-10,17,22H,6-7,21H2,1H3/t10-,17+/m0/s1. The molecule has 0 fully saturated rings. The Balaban J connectivity index is 1.96. The summed E-state index contributed by atoms with van der Waals surface area (Å²) in [6.45, 7) is 2.02. The number of nitrogens with zero attached hydrogens (tertiary/aromatic N) is 1. The van der Waals surface area contributed by atoms with Crippen LogP contribution in [0.5, 0.6) is 0 Å². The van der Waals surface area contributed by atoms with Crippen LogP contribution in [0.4, 0.5) is 0 Å². The highest BCUT2D eigenvalue weighted by molar-refractivity contribution is 6.01. The van der Waals surface area contributed by atoms with Crippen molar-refractivity contribution in [2.24, 2.45) is 11.7 Å². The minimum Gasteiger partial charge on any atom is -0.444 e. The number of fused-ring (bicyclic) bond motifs is 1. The quantitative estimate of drug-likeness (QED) is 0.844. The number of carbonyl (C=O) groups is 1. The molecule has 4 rings (SSSR count). The zero-order chi connectivity index (χ0) is 16.8. The van der Waals surface area contributed by atoms with Gasteiger partial charge in [-0.05, 0) is 17.5 Å². The second-order valence-corrected chi connectivity index (χ2v) is 6.49. The Morgan fingerprint density at radius 3 is 2.92 bits per heavy atom. The maximum atomic E-state index is 12.7. The number of H-pyrrole nitrogens is 1. The lowest BCUT2D eigenvalue weighted by molar-refractivity contribution is -0.117. The van der Waals surface area contributed by atoms with Crippen LogP contribution in [0.3, 0.4) is 0 Å². The Hall–Kier alpha value is -3.00. The van der Waals surface area contributed by atoms with Gasteiger partial charge in [-0.1, -0.05) is 25.1 Å². The van der Waals surface area contributed by atoms with E-state index in [-0.39, 0.29) is 17.6 Å². The van der Waals surface area contributed by atoms with Crippen molar-refractivity contribution in [1.82, 2.24) is 4.98 Å². The molecule has 3 N–H and O–H groups in total. The fourth-order valence-corrected chi connectivity index (χ4v) is 3.74. The smallest absolute Gasteiger partial charge is 0.205 e. The number of hydrogen-bond acceptors (Lipinski definition) is 4. The second-order valence-electron chi connectivity index (χ2n) is 6.49. The van der Waals surface area contributed by atoms with E-state index in [1.54, 1.807) is 0 Å². The summed E-state index contributed by atoms with van der Waals surface area (Å²) in [6, 6.07) is 9.99. The van der Waals surface area contributed by atoms with Gasteiger partial charge in [0, 0.05) is 35.5 Å². The second kappa shape index (κ2) is 5.27. The van der Waals surface area contributed by atoms with Crippen LogP contribution in [0.15, 0.2) is 53.3 Å². The summed E-state index contributed by atoms with van der Waals surface area (Å²) in [5.41, 5.74) is 8.76. The average Bonchev–Trinajstić information content (AvgIpc) is 2.97. The number of hydrogen-bond donors (Lipinski definition) is 2. The number of ketones is 1. The number of benzene rings is 1. The zero-order valence-electron chi connectivity index (χ0n) is 13.3. The van der Waals surface area contributed by atoms with E-state index < -0.39 is 5.92 Å². The van der Waals surface area contributed by atoms with Crippen molar-refractivity contribution in [2.75, 3.05) is 0 Å². The third kappa shape index (κ3) is 2.04. The molecule has 5 heteroatoms. The molecule has 2 aromatic rings. The minimum absolute atomic E-state index is 0.0410. The van der Waals surface area contributed by atoms with E-state index in [1.807, 2.05) is 37.4 Å². The summed E-state index contributed by atoms with van der Waals surface area (Å²) in [7, 11) is 0. The van der Waals surface area contributed by atoms with Crippen molar-refractivity contribution in [1.29, 1.82) is 5.26 Å². The number of aromatic amines is 1. The van der Waals surface area contributed by atoms with E-state index in [4.69, 9.17) is 10.5 Å². The molecule has 2 atom stereocenters. The SMILES string of the molecule is C[C@H]1CC(=O)C2=C(C1)OC(N)=C(C#N)[C@@H]2c1c[nH]c2ccccc12. The number of carbonyl (C=O) groups excluding carboxylic acids is 1. The molecule has 0 spiro atoms. The third-order valence-electron chi connectivity index (χ3n) is 4.80. The predicted octanol–water partition coefficient (Wildman–Crippen LogP) is 3.23. The molecule has 24 heavy (non-hydrogen) atoms. The Bertz CT molecular complexity index is 958. The van der Waals surface area contributed by atoms with Gasteiger partial charge in [0.1, 0.15) is 17.4 Å². The number of nitriles is 1. The van der Waals surface area contributed by atoms with Crippen molar-refractivity contribution < 1.29 is 9.53 Å². The lowest BCUT2D eigenvalue weighted by Gasteiger charge is -2.32. The van der Waals surface area contributed by atoms with Crippen LogP contribution in [-0.2, 0) is 9.53 Å². The van der Waals surface area contributed by atoms with Crippen molar-refractivity contribution in [2.45, 2.75) is 25.7 Å². The monoisotopic (exact) mass is 319 g/mol. The Kier molecular flexibility index (Phi) is 3.20. The molecule has 0 amide bonds. The summed E-state index contributed by atoms with van der Waals surface area (Å²) in [6.07, 6.45) is 3.00. The minimum atomic E-state index is -0.463. The summed E-state index contributed by atoms with van der Waals surface area (Å²) >= 11 is 0. The molecule has 1 aromatic carbocycles. The summed E-state index contributed by atoms with van der Waals surface area (Å²) in [5, 5.41) is 10.6. The van der Waals surface area contributed by atoms with Crippen LogP contribution in [0.2, 0.25) is 0 Å². The summed E-state index contributed by atoms with van der Waals surface area (Å²) in [4.78, 5) is 15.9. The predicted molar refractivity (Wildman–Crippen MR) is 89.4 cm³/mol. The number of rotatable bonds is 1. The maximum Gasteiger partial charge on any atom is 0.205 e. The first kappa shape index (κ1) is 14.6. The lowest BCUT2D eigenvalue weighted by atomic mass is 9.75. The normalized spacial score (nSPS) is 23.9. The van der Waals surface area contributed by atoms with E-state index in [0.29, 0.717) is 29.7 Å². The van der Waals surface area contributed by atoms with Gasteiger partial charge in [0.05, 0.1) is 5.92 Å². The van der Waals surface area contributed by atoms with Crippen LogP contribution in [0, 0.1) is 17.2 Å². The summed E-state index contributed by atoms with van der Waals surface area (Å²) < 4.78 is 5.66. The van der Waals surface area contributed by atoms with Crippen LogP contribution in [0.25, 0.3) is 10.9 Å². The molecule has 1 aliphatic heterocycles. The molecule has 1 aliphatic carbocycles. The van der Waals surface area contributed by atoms with E-state index in [9.17, 15) is 10.1 Å². The van der Waals surface area contributed by atoms with Crippen LogP contribution in [0.1, 0.15) is 31.2 Å². The van der Waals surface area contributed by atoms with Crippen molar-refractivity contribution in [3.63, 3.8) is 0 Å². The molecule has 2 aliphatic rings. The number of para-hydroxylation sites is 1. The molecule has 0 radical (unpaired) electrons. The topological polar surface area (TPSA) is 91.9 Å². The molecule has 0 saturated heterocycles. The van der Waals surface area contributed by atoms with Crippen molar-refractivity contribution in [3.8, 4) is 6.07 Å². The maximum absolute atomic E-state index is 12.7. The van der Waals surface area contributed by atoms with E-state index in [0.717, 1.165) is 16.5 Å². The fraction of sp³-hybridized carbons (Fsp3) is 0.263. The van der Waals surface area contributed by atoms with Gasteiger partial charge in [0.15, 0.2) is 5.78 Å². The van der Waals surface area contributed by atoms with Gasteiger partial charge in [-0.3, -0.25) is 4.79 Å². The third-order valence-corrected chi connectivity index (χ3v) is 4.80. The number of Topliss-reactive ketones (excluding diaryl/α,β-unsaturated/α-hetero) is 1. The molecule has 0 unspecified atom stereocenters. The highest BCUT2D eigenvalue weighted by Gasteiger charge is 2.40. The van der Waals surface area contributed by atoms with Gasteiger partial charge >= 0.3 is 0 Å². The molecular weight excluding hydrogens is 302 g/mol. The number of allylic oxidation sites excluding steroid dienone is 3.